The summed E-state index contributed by atoms with van der Waals surface area (Å²) in [5.41, 5.74) is 0.398. The van der Waals surface area contributed by atoms with Crippen LogP contribution in [0.15, 0.2) is 24.3 Å². The van der Waals surface area contributed by atoms with Gasteiger partial charge in [0.25, 0.3) is 0 Å². The fraction of sp³-hybridized carbons (Fsp3) is 0.300. The van der Waals surface area contributed by atoms with Crippen molar-refractivity contribution in [1.29, 1.82) is 0 Å². The lowest BCUT2D eigenvalue weighted by molar-refractivity contribution is -0.114. The monoisotopic (exact) mass is 259 g/mol. The minimum Gasteiger partial charge on any atom is -0.402 e. The fourth-order valence-corrected chi connectivity index (χ4v) is 1.81. The van der Waals surface area contributed by atoms with E-state index in [2.05, 4.69) is 14.4 Å². The van der Waals surface area contributed by atoms with E-state index in [-0.39, 0.29) is 11.7 Å². The molecule has 0 aromatic heterocycles. The van der Waals surface area contributed by atoms with Crippen LogP contribution in [0.5, 0.6) is 5.75 Å². The van der Waals surface area contributed by atoms with E-state index in [1.54, 1.807) is 24.3 Å². The van der Waals surface area contributed by atoms with Crippen molar-refractivity contribution in [3.8, 4) is 5.75 Å². The number of benzene rings is 1. The number of nitrogens with one attached hydrogen (secondary N) is 1. The molecule has 0 aliphatic heterocycles. The number of rotatable bonds is 5. The van der Waals surface area contributed by atoms with E-state index in [0.29, 0.717) is 5.69 Å². The highest BCUT2D eigenvalue weighted by molar-refractivity contribution is 7.48. The molecule has 1 N–H and O–H groups in total. The Kier molecular flexibility index (Phi) is 4.69. The van der Waals surface area contributed by atoms with E-state index in [4.69, 9.17) is 4.52 Å². The number of para-hydroxylation sites is 2. The number of phosphoric acid groups is 1. The summed E-state index contributed by atoms with van der Waals surface area (Å²) in [6.45, 7) is 1.36. The lowest BCUT2D eigenvalue weighted by Crippen LogP contribution is -2.07. The van der Waals surface area contributed by atoms with Crippen LogP contribution < -0.4 is 9.84 Å². The van der Waals surface area contributed by atoms with Crippen molar-refractivity contribution in [2.45, 2.75) is 6.92 Å². The summed E-state index contributed by atoms with van der Waals surface area (Å²) in [4.78, 5) is 11.0. The number of amides is 1. The lowest BCUT2D eigenvalue weighted by atomic mass is 10.3. The van der Waals surface area contributed by atoms with E-state index in [9.17, 15) is 9.36 Å². The molecule has 1 aromatic rings. The minimum atomic E-state index is -3.62. The van der Waals surface area contributed by atoms with Gasteiger partial charge in [-0.25, -0.2) is 4.57 Å². The maximum atomic E-state index is 11.8. The van der Waals surface area contributed by atoms with Crippen LogP contribution in [0.1, 0.15) is 6.92 Å². The maximum Gasteiger partial charge on any atom is 0.529 e. The van der Waals surface area contributed by atoms with Crippen molar-refractivity contribution in [2.24, 2.45) is 0 Å². The highest BCUT2D eigenvalue weighted by Gasteiger charge is 2.25. The van der Waals surface area contributed by atoms with Crippen LogP contribution >= 0.6 is 7.82 Å². The third-order valence-corrected chi connectivity index (χ3v) is 3.17. The number of hydrogen-bond donors (Lipinski definition) is 1. The van der Waals surface area contributed by atoms with Crippen molar-refractivity contribution in [2.75, 3.05) is 19.5 Å². The van der Waals surface area contributed by atoms with E-state index in [1.807, 2.05) is 0 Å². The molecule has 0 bridgehead atoms. The van der Waals surface area contributed by atoms with Crippen molar-refractivity contribution in [3.63, 3.8) is 0 Å². The fourth-order valence-electron chi connectivity index (χ4n) is 1.11. The summed E-state index contributed by atoms with van der Waals surface area (Å²) >= 11 is 0. The molecule has 0 aliphatic rings. The van der Waals surface area contributed by atoms with Crippen LogP contribution in [0.3, 0.4) is 0 Å². The molecule has 17 heavy (non-hydrogen) atoms. The van der Waals surface area contributed by atoms with Gasteiger partial charge in [-0.2, -0.15) is 0 Å². The molecule has 0 unspecified atom stereocenters. The van der Waals surface area contributed by atoms with Crippen molar-refractivity contribution < 1.29 is 22.9 Å². The van der Waals surface area contributed by atoms with Gasteiger partial charge in [0.15, 0.2) is 5.75 Å². The average molecular weight is 259 g/mol. The predicted octanol–water partition coefficient (Wildman–Crippen LogP) is 2.42. The van der Waals surface area contributed by atoms with Gasteiger partial charge in [0.1, 0.15) is 0 Å². The third-order valence-electron chi connectivity index (χ3n) is 1.86. The molecular weight excluding hydrogens is 245 g/mol. The van der Waals surface area contributed by atoms with Gasteiger partial charge in [-0.3, -0.25) is 13.8 Å². The maximum absolute atomic E-state index is 11.8. The van der Waals surface area contributed by atoms with Gasteiger partial charge in [0.05, 0.1) is 5.69 Å². The zero-order chi connectivity index (χ0) is 12.9. The van der Waals surface area contributed by atoms with Crippen molar-refractivity contribution >= 4 is 19.4 Å². The lowest BCUT2D eigenvalue weighted by Gasteiger charge is -2.16. The second-order valence-corrected chi connectivity index (χ2v) is 4.89. The molecule has 1 aromatic carbocycles. The van der Waals surface area contributed by atoms with E-state index < -0.39 is 7.82 Å². The number of phosphoric ester groups is 1. The number of anilines is 1. The highest BCUT2D eigenvalue weighted by atomic mass is 31.2. The topological polar surface area (TPSA) is 73.9 Å². The Morgan fingerprint density at radius 2 is 1.82 bits per heavy atom. The Bertz CT molecular complexity index is 440. The first kappa shape index (κ1) is 13.7. The van der Waals surface area contributed by atoms with Gasteiger partial charge in [-0.15, -0.1) is 0 Å². The summed E-state index contributed by atoms with van der Waals surface area (Å²) in [6, 6.07) is 6.56. The number of hydrogen-bond acceptors (Lipinski definition) is 5. The third kappa shape index (κ3) is 3.85. The first-order valence-electron chi connectivity index (χ1n) is 4.78. The Morgan fingerprint density at radius 3 is 2.35 bits per heavy atom. The van der Waals surface area contributed by atoms with E-state index in [0.717, 1.165) is 0 Å². The van der Waals surface area contributed by atoms with E-state index >= 15 is 0 Å². The molecule has 0 fully saturated rings. The Balaban J connectivity index is 2.97. The Morgan fingerprint density at radius 1 is 1.24 bits per heavy atom. The molecule has 0 aliphatic carbocycles. The number of carbonyl (C=O) groups excluding carboxylic acids is 1. The Hall–Kier alpha value is -1.36. The molecule has 1 amide bonds. The summed E-state index contributed by atoms with van der Waals surface area (Å²) in [6.07, 6.45) is 0. The first-order valence-corrected chi connectivity index (χ1v) is 6.24. The van der Waals surface area contributed by atoms with Crippen LogP contribution in [0, 0.1) is 0 Å². The van der Waals surface area contributed by atoms with E-state index in [1.165, 1.54) is 21.1 Å². The summed E-state index contributed by atoms with van der Waals surface area (Å²) in [5, 5.41) is 2.55. The standard InChI is InChI=1S/C10H14NO5P/c1-8(12)11-9-6-4-5-7-10(9)16-17(13,14-2)15-3/h4-7H,1-3H3,(H,11,12). The van der Waals surface area contributed by atoms with Gasteiger partial charge in [0, 0.05) is 21.1 Å². The van der Waals surface area contributed by atoms with Crippen LogP contribution in [0.4, 0.5) is 5.69 Å². The molecule has 94 valence electrons. The van der Waals surface area contributed by atoms with Crippen LogP contribution in [0.2, 0.25) is 0 Å². The highest BCUT2D eigenvalue weighted by Crippen LogP contribution is 2.49. The minimum absolute atomic E-state index is 0.217. The van der Waals surface area contributed by atoms with Crippen molar-refractivity contribution in [1.82, 2.24) is 0 Å². The SMILES string of the molecule is COP(=O)(OC)Oc1ccccc1NC(C)=O. The molecule has 7 heteroatoms. The van der Waals surface area contributed by atoms with Gasteiger partial charge >= 0.3 is 7.82 Å². The second-order valence-electron chi connectivity index (χ2n) is 3.08. The molecule has 0 saturated carbocycles. The largest absolute Gasteiger partial charge is 0.529 e. The molecule has 0 atom stereocenters. The summed E-state index contributed by atoms with van der Waals surface area (Å²) in [5.74, 6) is -0.0413. The number of carbonyl (C=O) groups is 1. The van der Waals surface area contributed by atoms with Gasteiger partial charge in [0.2, 0.25) is 5.91 Å². The smallest absolute Gasteiger partial charge is 0.402 e. The molecule has 0 heterocycles. The van der Waals surface area contributed by atoms with Gasteiger partial charge in [-0.1, -0.05) is 12.1 Å². The molecule has 0 radical (unpaired) electrons. The van der Waals surface area contributed by atoms with Gasteiger partial charge < -0.3 is 9.84 Å². The molecule has 6 nitrogen and oxygen atoms in total. The second kappa shape index (κ2) is 5.82. The zero-order valence-electron chi connectivity index (χ0n) is 9.80. The molecule has 0 saturated heterocycles. The average Bonchev–Trinajstić information content (AvgIpc) is 2.31. The summed E-state index contributed by atoms with van der Waals surface area (Å²) < 4.78 is 26.2. The Labute approximate surface area is 99.5 Å². The van der Waals surface area contributed by atoms with Crippen LogP contribution in [0.25, 0.3) is 0 Å². The molecule has 1 rings (SSSR count). The quantitative estimate of drug-likeness (QED) is 0.822. The van der Waals surface area contributed by atoms with Crippen LogP contribution in [-0.4, -0.2) is 20.1 Å². The summed E-state index contributed by atoms with van der Waals surface area (Å²) in [7, 11) is -1.20. The normalized spacial score (nSPS) is 11.0. The van der Waals surface area contributed by atoms with Crippen molar-refractivity contribution in [3.05, 3.63) is 24.3 Å². The van der Waals surface area contributed by atoms with Crippen LogP contribution in [-0.2, 0) is 18.4 Å². The molecular formula is C10H14NO5P. The zero-order valence-corrected chi connectivity index (χ0v) is 10.7. The predicted molar refractivity (Wildman–Crippen MR) is 63.0 cm³/mol. The molecule has 0 spiro atoms. The van der Waals surface area contributed by atoms with Gasteiger partial charge in [-0.05, 0) is 12.1 Å². The first-order chi connectivity index (χ1) is 8.00.